The quantitative estimate of drug-likeness (QED) is 0.406. The predicted octanol–water partition coefficient (Wildman–Crippen LogP) is 4.34. The Bertz CT molecular complexity index is 1880. The molecule has 170 valence electrons. The standard InChI is InChI=1S/C26H17ClN6O2/c1-32-22(14-29-31-32)19-7-4-8-20(27)24(19)15-9-10-18-21(11-15)30-26(35)33(25(18)34)23-13-28-12-16-5-2-3-6-17(16)23/h2-14H,1H3,(H,30,35). The fourth-order valence-electron chi connectivity index (χ4n) is 4.44. The van der Waals surface area contributed by atoms with Gasteiger partial charge in [-0.3, -0.25) is 9.78 Å². The zero-order valence-electron chi connectivity index (χ0n) is 18.4. The average molecular weight is 481 g/mol. The number of fused-ring (bicyclic) bond motifs is 2. The van der Waals surface area contributed by atoms with Gasteiger partial charge in [0.1, 0.15) is 0 Å². The minimum Gasteiger partial charge on any atom is -0.306 e. The highest BCUT2D eigenvalue weighted by Gasteiger charge is 2.17. The number of nitrogens with zero attached hydrogens (tertiary/aromatic N) is 5. The first-order valence-electron chi connectivity index (χ1n) is 10.8. The van der Waals surface area contributed by atoms with Crippen molar-refractivity contribution in [1.29, 1.82) is 0 Å². The van der Waals surface area contributed by atoms with Crippen LogP contribution in [0.2, 0.25) is 5.02 Å². The van der Waals surface area contributed by atoms with Crippen molar-refractivity contribution in [2.75, 3.05) is 0 Å². The zero-order valence-corrected chi connectivity index (χ0v) is 19.2. The number of aromatic amines is 1. The van der Waals surface area contributed by atoms with E-state index in [2.05, 4.69) is 20.3 Å². The Balaban J connectivity index is 1.58. The number of hydrogen-bond acceptors (Lipinski definition) is 5. The van der Waals surface area contributed by atoms with E-state index in [4.69, 9.17) is 11.6 Å². The molecule has 0 radical (unpaired) electrons. The van der Waals surface area contributed by atoms with Gasteiger partial charge in [0.05, 0.1) is 34.7 Å². The maximum atomic E-state index is 13.5. The van der Waals surface area contributed by atoms with E-state index in [0.717, 1.165) is 37.7 Å². The molecule has 8 nitrogen and oxygen atoms in total. The van der Waals surface area contributed by atoms with Crippen molar-refractivity contribution >= 4 is 33.3 Å². The third-order valence-electron chi connectivity index (χ3n) is 6.08. The smallest absolute Gasteiger partial charge is 0.306 e. The van der Waals surface area contributed by atoms with E-state index < -0.39 is 11.2 Å². The van der Waals surface area contributed by atoms with Crippen molar-refractivity contribution in [1.82, 2.24) is 29.5 Å². The van der Waals surface area contributed by atoms with Gasteiger partial charge in [0.2, 0.25) is 0 Å². The maximum absolute atomic E-state index is 13.5. The number of rotatable bonds is 3. The average Bonchev–Trinajstić information content (AvgIpc) is 3.29. The second-order valence-electron chi connectivity index (χ2n) is 8.12. The van der Waals surface area contributed by atoms with Crippen LogP contribution >= 0.6 is 11.6 Å². The van der Waals surface area contributed by atoms with Crippen LogP contribution in [0.5, 0.6) is 0 Å². The molecule has 0 fully saturated rings. The van der Waals surface area contributed by atoms with Gasteiger partial charge in [0, 0.05) is 40.2 Å². The van der Waals surface area contributed by atoms with Gasteiger partial charge in [-0.2, -0.15) is 0 Å². The Labute approximate surface area is 203 Å². The van der Waals surface area contributed by atoms with Crippen LogP contribution in [0.15, 0.2) is 88.8 Å². The molecule has 0 bridgehead atoms. The summed E-state index contributed by atoms with van der Waals surface area (Å²) in [5, 5.41) is 10.5. The Morgan fingerprint density at radius 2 is 1.77 bits per heavy atom. The normalized spacial score (nSPS) is 11.4. The van der Waals surface area contributed by atoms with Gasteiger partial charge in [-0.15, -0.1) is 5.10 Å². The molecular weight excluding hydrogens is 464 g/mol. The third kappa shape index (κ3) is 3.34. The molecule has 9 heteroatoms. The molecule has 3 aromatic carbocycles. The van der Waals surface area contributed by atoms with Crippen LogP contribution in [0, 0.1) is 0 Å². The first-order valence-corrected chi connectivity index (χ1v) is 11.2. The van der Waals surface area contributed by atoms with Gasteiger partial charge < -0.3 is 4.98 Å². The molecule has 0 spiro atoms. The number of halogens is 1. The third-order valence-corrected chi connectivity index (χ3v) is 6.39. The van der Waals surface area contributed by atoms with Crippen molar-refractivity contribution in [2.45, 2.75) is 0 Å². The Morgan fingerprint density at radius 3 is 2.60 bits per heavy atom. The lowest BCUT2D eigenvalue weighted by atomic mass is 9.97. The van der Waals surface area contributed by atoms with Crippen molar-refractivity contribution in [3.05, 3.63) is 105 Å². The zero-order chi connectivity index (χ0) is 24.1. The van der Waals surface area contributed by atoms with Crippen molar-refractivity contribution < 1.29 is 0 Å². The summed E-state index contributed by atoms with van der Waals surface area (Å²) in [5.74, 6) is 0. The number of aromatic nitrogens is 6. The monoisotopic (exact) mass is 480 g/mol. The second-order valence-corrected chi connectivity index (χ2v) is 8.52. The molecule has 0 aliphatic rings. The van der Waals surface area contributed by atoms with Gasteiger partial charge >= 0.3 is 5.69 Å². The summed E-state index contributed by atoms with van der Waals surface area (Å²) < 4.78 is 2.79. The highest BCUT2D eigenvalue weighted by Crippen LogP contribution is 2.37. The van der Waals surface area contributed by atoms with E-state index in [1.54, 1.807) is 42.3 Å². The molecule has 1 N–H and O–H groups in total. The van der Waals surface area contributed by atoms with Crippen LogP contribution in [-0.4, -0.2) is 29.5 Å². The SMILES string of the molecule is Cn1nncc1-c1cccc(Cl)c1-c1ccc2c(=O)n(-c3cncc4ccccc34)c(=O)[nH]c2c1. The molecule has 0 unspecified atom stereocenters. The fourth-order valence-corrected chi connectivity index (χ4v) is 4.72. The van der Waals surface area contributed by atoms with Crippen LogP contribution in [-0.2, 0) is 7.05 Å². The van der Waals surface area contributed by atoms with Crippen molar-refractivity contribution in [2.24, 2.45) is 7.05 Å². The Kier molecular flexibility index (Phi) is 4.82. The van der Waals surface area contributed by atoms with Gasteiger partial charge in [0.15, 0.2) is 0 Å². The molecular formula is C26H17ClN6O2. The number of H-pyrrole nitrogens is 1. The summed E-state index contributed by atoms with van der Waals surface area (Å²) in [5.41, 5.74) is 2.99. The van der Waals surface area contributed by atoms with E-state index in [1.165, 1.54) is 6.20 Å². The van der Waals surface area contributed by atoms with Gasteiger partial charge in [-0.05, 0) is 23.8 Å². The Hall–Kier alpha value is -4.56. The molecule has 0 aliphatic heterocycles. The molecule has 0 saturated carbocycles. The predicted molar refractivity (Wildman–Crippen MR) is 136 cm³/mol. The van der Waals surface area contributed by atoms with Crippen LogP contribution in [0.1, 0.15) is 0 Å². The molecule has 6 rings (SSSR count). The summed E-state index contributed by atoms with van der Waals surface area (Å²) in [7, 11) is 1.80. The second kappa shape index (κ2) is 8.03. The lowest BCUT2D eigenvalue weighted by Gasteiger charge is -2.13. The van der Waals surface area contributed by atoms with E-state index >= 15 is 0 Å². The van der Waals surface area contributed by atoms with Crippen molar-refractivity contribution in [3.8, 4) is 28.1 Å². The molecule has 35 heavy (non-hydrogen) atoms. The van der Waals surface area contributed by atoms with Crippen LogP contribution in [0.4, 0.5) is 0 Å². The van der Waals surface area contributed by atoms with E-state index in [0.29, 0.717) is 21.6 Å². The molecule has 3 aromatic heterocycles. The number of aryl methyl sites for hydroxylation is 1. The summed E-state index contributed by atoms with van der Waals surface area (Å²) in [6.07, 6.45) is 4.89. The minimum atomic E-state index is -0.548. The van der Waals surface area contributed by atoms with Crippen molar-refractivity contribution in [3.63, 3.8) is 0 Å². The van der Waals surface area contributed by atoms with Crippen LogP contribution < -0.4 is 11.2 Å². The molecule has 0 amide bonds. The lowest BCUT2D eigenvalue weighted by molar-refractivity contribution is 0.721. The summed E-state index contributed by atoms with van der Waals surface area (Å²) in [6.45, 7) is 0. The number of nitrogens with one attached hydrogen (secondary N) is 1. The van der Waals surface area contributed by atoms with E-state index in [-0.39, 0.29) is 0 Å². The summed E-state index contributed by atoms with van der Waals surface area (Å²) in [6, 6.07) is 18.3. The minimum absolute atomic E-state index is 0.372. The lowest BCUT2D eigenvalue weighted by Crippen LogP contribution is -2.33. The summed E-state index contributed by atoms with van der Waals surface area (Å²) in [4.78, 5) is 33.7. The topological polar surface area (TPSA) is 98.5 Å². The highest BCUT2D eigenvalue weighted by molar-refractivity contribution is 6.34. The van der Waals surface area contributed by atoms with Crippen LogP contribution in [0.25, 0.3) is 49.7 Å². The first kappa shape index (κ1) is 21.0. The summed E-state index contributed by atoms with van der Waals surface area (Å²) >= 11 is 6.61. The van der Waals surface area contributed by atoms with Gasteiger partial charge in [0.25, 0.3) is 5.56 Å². The molecule has 3 heterocycles. The first-order chi connectivity index (χ1) is 17.0. The van der Waals surface area contributed by atoms with E-state index in [1.807, 2.05) is 42.5 Å². The number of pyridine rings is 1. The molecule has 0 saturated heterocycles. The van der Waals surface area contributed by atoms with Gasteiger partial charge in [-0.1, -0.05) is 59.3 Å². The van der Waals surface area contributed by atoms with Gasteiger partial charge in [-0.25, -0.2) is 14.0 Å². The molecule has 6 aromatic rings. The van der Waals surface area contributed by atoms with Crippen LogP contribution in [0.3, 0.4) is 0 Å². The number of benzene rings is 3. The Morgan fingerprint density at radius 1 is 0.914 bits per heavy atom. The molecule has 0 atom stereocenters. The fraction of sp³-hybridized carbons (Fsp3) is 0.0385. The molecule has 0 aliphatic carbocycles. The maximum Gasteiger partial charge on any atom is 0.333 e. The number of hydrogen-bond donors (Lipinski definition) is 1. The largest absolute Gasteiger partial charge is 0.333 e. The highest BCUT2D eigenvalue weighted by atomic mass is 35.5. The van der Waals surface area contributed by atoms with E-state index in [9.17, 15) is 9.59 Å².